The van der Waals surface area contributed by atoms with Gasteiger partial charge in [-0.2, -0.15) is 0 Å². The molecular weight excluding hydrogens is 269 g/mol. The Morgan fingerprint density at radius 3 is 2.33 bits per heavy atom. The maximum atomic E-state index is 12.8. The van der Waals surface area contributed by atoms with Gasteiger partial charge in [0.05, 0.1) is 6.04 Å². The molecule has 0 aliphatic rings. The number of carbonyl (C=O) groups is 1. The third-order valence-electron chi connectivity index (χ3n) is 3.17. The Balaban J connectivity index is 1.93. The summed E-state index contributed by atoms with van der Waals surface area (Å²) in [7, 11) is 0. The normalized spacial score (nSPS) is 11.8. The van der Waals surface area contributed by atoms with Crippen LogP contribution in [0.25, 0.3) is 0 Å². The number of hydrogen-bond donors (Lipinski definition) is 3. The monoisotopic (exact) mass is 287 g/mol. The van der Waals surface area contributed by atoms with Crippen LogP contribution in [0.2, 0.25) is 0 Å². The molecule has 1 atom stereocenters. The molecule has 2 rings (SSSR count). The summed E-state index contributed by atoms with van der Waals surface area (Å²) in [4.78, 5) is 11.9. The van der Waals surface area contributed by atoms with Crippen LogP contribution in [0, 0.1) is 5.82 Å². The lowest BCUT2D eigenvalue weighted by Gasteiger charge is -2.15. The largest absolute Gasteiger partial charge is 0.331 e. The molecule has 1 unspecified atom stereocenters. The van der Waals surface area contributed by atoms with Crippen molar-refractivity contribution in [3.05, 3.63) is 65.5 Å². The van der Waals surface area contributed by atoms with Gasteiger partial charge in [0.15, 0.2) is 0 Å². The molecule has 0 bridgehead atoms. The number of anilines is 1. The van der Waals surface area contributed by atoms with Gasteiger partial charge in [-0.1, -0.05) is 24.3 Å². The van der Waals surface area contributed by atoms with Crippen molar-refractivity contribution in [1.82, 2.24) is 5.32 Å². The van der Waals surface area contributed by atoms with E-state index in [1.165, 1.54) is 24.3 Å². The van der Waals surface area contributed by atoms with E-state index in [1.807, 2.05) is 31.2 Å². The van der Waals surface area contributed by atoms with E-state index in [-0.39, 0.29) is 17.9 Å². The Morgan fingerprint density at radius 1 is 1.14 bits per heavy atom. The second-order valence-corrected chi connectivity index (χ2v) is 4.77. The average molecular weight is 287 g/mol. The molecule has 2 amide bonds. The molecule has 2 aromatic carbocycles. The maximum Gasteiger partial charge on any atom is 0.319 e. The predicted molar refractivity (Wildman–Crippen MR) is 81.3 cm³/mol. The Bertz CT molecular complexity index is 596. The van der Waals surface area contributed by atoms with Crippen molar-refractivity contribution < 1.29 is 9.18 Å². The number of amides is 2. The standard InChI is InChI=1S/C16H18FN3O/c1-11(13-4-2-12(10-18)3-5-13)19-16(21)20-15-8-6-14(17)7-9-15/h2-9,11H,10,18H2,1H3,(H2,19,20,21). The minimum absolute atomic E-state index is 0.141. The van der Waals surface area contributed by atoms with E-state index in [1.54, 1.807) is 0 Å². The molecule has 0 saturated heterocycles. The van der Waals surface area contributed by atoms with E-state index in [0.29, 0.717) is 12.2 Å². The van der Waals surface area contributed by atoms with Gasteiger partial charge >= 0.3 is 6.03 Å². The van der Waals surface area contributed by atoms with Crippen molar-refractivity contribution >= 4 is 11.7 Å². The summed E-state index contributed by atoms with van der Waals surface area (Å²) in [5, 5.41) is 5.48. The third kappa shape index (κ3) is 4.29. The average Bonchev–Trinajstić information content (AvgIpc) is 2.49. The summed E-state index contributed by atoms with van der Waals surface area (Å²) < 4.78 is 12.8. The molecule has 4 nitrogen and oxygen atoms in total. The van der Waals surface area contributed by atoms with Gasteiger partial charge < -0.3 is 16.4 Å². The molecule has 110 valence electrons. The van der Waals surface area contributed by atoms with Crippen LogP contribution >= 0.6 is 0 Å². The van der Waals surface area contributed by atoms with Gasteiger partial charge in [0.25, 0.3) is 0 Å². The van der Waals surface area contributed by atoms with Crippen molar-refractivity contribution in [3.63, 3.8) is 0 Å². The van der Waals surface area contributed by atoms with E-state index in [2.05, 4.69) is 10.6 Å². The molecule has 0 aliphatic heterocycles. The van der Waals surface area contributed by atoms with Crippen LogP contribution in [0.5, 0.6) is 0 Å². The number of nitrogens with one attached hydrogen (secondary N) is 2. The number of benzene rings is 2. The molecule has 4 N–H and O–H groups in total. The lowest BCUT2D eigenvalue weighted by Crippen LogP contribution is -2.31. The first kappa shape index (κ1) is 15.0. The zero-order chi connectivity index (χ0) is 15.2. The number of hydrogen-bond acceptors (Lipinski definition) is 2. The molecular formula is C16H18FN3O. The Hall–Kier alpha value is -2.40. The summed E-state index contributed by atoms with van der Waals surface area (Å²) in [6.07, 6.45) is 0. The van der Waals surface area contributed by atoms with Gasteiger partial charge in [-0.05, 0) is 42.3 Å². The highest BCUT2D eigenvalue weighted by molar-refractivity contribution is 5.89. The van der Waals surface area contributed by atoms with Crippen molar-refractivity contribution in [1.29, 1.82) is 0 Å². The molecule has 0 fully saturated rings. The molecule has 0 heterocycles. The van der Waals surface area contributed by atoms with E-state index in [9.17, 15) is 9.18 Å². The zero-order valence-electron chi connectivity index (χ0n) is 11.8. The van der Waals surface area contributed by atoms with Crippen LogP contribution in [-0.2, 0) is 6.54 Å². The van der Waals surface area contributed by atoms with E-state index >= 15 is 0 Å². The summed E-state index contributed by atoms with van der Waals surface area (Å²) in [6.45, 7) is 2.38. The predicted octanol–water partition coefficient (Wildman–Crippen LogP) is 3.17. The highest BCUT2D eigenvalue weighted by atomic mass is 19.1. The summed E-state index contributed by atoms with van der Waals surface area (Å²) in [5.41, 5.74) is 8.12. The van der Waals surface area contributed by atoms with Crippen molar-refractivity contribution in [2.75, 3.05) is 5.32 Å². The highest BCUT2D eigenvalue weighted by Crippen LogP contribution is 2.14. The molecule has 0 aromatic heterocycles. The van der Waals surface area contributed by atoms with Crippen molar-refractivity contribution in [2.24, 2.45) is 5.73 Å². The van der Waals surface area contributed by atoms with Gasteiger partial charge in [0, 0.05) is 12.2 Å². The number of nitrogens with two attached hydrogens (primary N) is 1. The molecule has 2 aromatic rings. The van der Waals surface area contributed by atoms with Crippen LogP contribution in [-0.4, -0.2) is 6.03 Å². The fourth-order valence-electron chi connectivity index (χ4n) is 1.92. The van der Waals surface area contributed by atoms with E-state index < -0.39 is 0 Å². The number of rotatable bonds is 4. The quantitative estimate of drug-likeness (QED) is 0.808. The van der Waals surface area contributed by atoms with Crippen LogP contribution in [0.3, 0.4) is 0 Å². The third-order valence-corrected chi connectivity index (χ3v) is 3.17. The summed E-state index contributed by atoms with van der Waals surface area (Å²) in [6, 6.07) is 12.9. The molecule has 0 saturated carbocycles. The fraction of sp³-hybridized carbons (Fsp3) is 0.188. The minimum atomic E-state index is -0.339. The van der Waals surface area contributed by atoms with E-state index in [4.69, 9.17) is 5.73 Å². The van der Waals surface area contributed by atoms with Crippen LogP contribution < -0.4 is 16.4 Å². The Morgan fingerprint density at radius 2 is 1.76 bits per heavy atom. The van der Waals surface area contributed by atoms with Gasteiger partial charge in [-0.25, -0.2) is 9.18 Å². The van der Waals surface area contributed by atoms with Crippen LogP contribution in [0.15, 0.2) is 48.5 Å². The first-order valence-corrected chi connectivity index (χ1v) is 6.70. The summed E-state index contributed by atoms with van der Waals surface area (Å²) in [5.74, 6) is -0.339. The molecule has 0 spiro atoms. The van der Waals surface area contributed by atoms with E-state index in [0.717, 1.165) is 11.1 Å². The van der Waals surface area contributed by atoms with Gasteiger partial charge in [-0.15, -0.1) is 0 Å². The SMILES string of the molecule is CC(NC(=O)Nc1ccc(F)cc1)c1ccc(CN)cc1. The number of urea groups is 1. The van der Waals surface area contributed by atoms with Gasteiger partial charge in [-0.3, -0.25) is 0 Å². The topological polar surface area (TPSA) is 67.2 Å². The first-order chi connectivity index (χ1) is 10.1. The van der Waals surface area contributed by atoms with Gasteiger partial charge in [0.2, 0.25) is 0 Å². The number of halogens is 1. The van der Waals surface area contributed by atoms with Crippen LogP contribution in [0.4, 0.5) is 14.9 Å². The fourth-order valence-corrected chi connectivity index (χ4v) is 1.92. The lowest BCUT2D eigenvalue weighted by molar-refractivity contribution is 0.249. The molecule has 21 heavy (non-hydrogen) atoms. The Labute approximate surface area is 123 Å². The Kier molecular flexibility index (Phi) is 4.90. The van der Waals surface area contributed by atoms with Crippen molar-refractivity contribution in [3.8, 4) is 0 Å². The second-order valence-electron chi connectivity index (χ2n) is 4.77. The number of carbonyl (C=O) groups excluding carboxylic acids is 1. The lowest BCUT2D eigenvalue weighted by atomic mass is 10.1. The summed E-state index contributed by atoms with van der Waals surface area (Å²) >= 11 is 0. The highest BCUT2D eigenvalue weighted by Gasteiger charge is 2.09. The molecule has 0 radical (unpaired) electrons. The molecule has 5 heteroatoms. The zero-order valence-corrected chi connectivity index (χ0v) is 11.8. The first-order valence-electron chi connectivity index (χ1n) is 6.70. The maximum absolute atomic E-state index is 12.8. The second kappa shape index (κ2) is 6.85. The minimum Gasteiger partial charge on any atom is -0.331 e. The van der Waals surface area contributed by atoms with Gasteiger partial charge in [0.1, 0.15) is 5.82 Å². The smallest absolute Gasteiger partial charge is 0.319 e. The van der Waals surface area contributed by atoms with Crippen molar-refractivity contribution in [2.45, 2.75) is 19.5 Å². The van der Waals surface area contributed by atoms with Crippen LogP contribution in [0.1, 0.15) is 24.1 Å². The molecule has 0 aliphatic carbocycles.